The van der Waals surface area contributed by atoms with Gasteiger partial charge >= 0.3 is 12.0 Å². The third kappa shape index (κ3) is 3.95. The van der Waals surface area contributed by atoms with E-state index in [2.05, 4.69) is 10.6 Å². The van der Waals surface area contributed by atoms with E-state index in [1.54, 1.807) is 38.3 Å². The zero-order valence-corrected chi connectivity index (χ0v) is 15.5. The zero-order chi connectivity index (χ0) is 19.4. The second-order valence-corrected chi connectivity index (χ2v) is 6.18. The Hall–Kier alpha value is -3.28. The number of rotatable bonds is 5. The molecule has 2 aromatic carbocycles. The van der Waals surface area contributed by atoms with E-state index in [9.17, 15) is 9.59 Å². The summed E-state index contributed by atoms with van der Waals surface area (Å²) in [6.07, 6.45) is 0. The first-order valence-corrected chi connectivity index (χ1v) is 8.73. The molecule has 3 rings (SSSR count). The second kappa shape index (κ2) is 7.95. The van der Waals surface area contributed by atoms with Crippen LogP contribution in [0.3, 0.4) is 0 Å². The first-order valence-electron chi connectivity index (χ1n) is 8.73. The van der Waals surface area contributed by atoms with E-state index in [1.165, 1.54) is 0 Å². The molecule has 0 aliphatic carbocycles. The number of nitrogens with one attached hydrogen (secondary N) is 2. The minimum atomic E-state index is -0.601. The van der Waals surface area contributed by atoms with E-state index in [0.717, 1.165) is 11.1 Å². The topological polar surface area (TPSA) is 76.7 Å². The molecule has 0 spiro atoms. The normalized spacial score (nSPS) is 16.4. The molecular weight excluding hydrogens is 344 g/mol. The molecule has 0 radical (unpaired) electrons. The van der Waals surface area contributed by atoms with Crippen LogP contribution in [0.1, 0.15) is 29.7 Å². The van der Waals surface area contributed by atoms with Crippen molar-refractivity contribution in [3.05, 3.63) is 70.8 Å². The summed E-state index contributed by atoms with van der Waals surface area (Å²) in [5.41, 5.74) is 3.40. The Morgan fingerprint density at radius 1 is 1.07 bits per heavy atom. The van der Waals surface area contributed by atoms with E-state index in [1.807, 2.05) is 31.2 Å². The molecular formula is C21H22N2O4. The van der Waals surface area contributed by atoms with E-state index < -0.39 is 12.0 Å². The number of urea groups is 1. The number of carbonyl (C=O) groups excluding carboxylic acids is 2. The molecule has 0 fully saturated rings. The van der Waals surface area contributed by atoms with Gasteiger partial charge in [-0.1, -0.05) is 29.8 Å². The van der Waals surface area contributed by atoms with E-state index in [-0.39, 0.29) is 12.6 Å². The molecule has 1 atom stereocenters. The lowest BCUT2D eigenvalue weighted by molar-refractivity contribution is -0.138. The molecule has 1 unspecified atom stereocenters. The van der Waals surface area contributed by atoms with Gasteiger partial charge in [-0.15, -0.1) is 0 Å². The van der Waals surface area contributed by atoms with Gasteiger partial charge in [0, 0.05) is 0 Å². The fourth-order valence-corrected chi connectivity index (χ4v) is 2.99. The molecule has 2 N–H and O–H groups in total. The maximum absolute atomic E-state index is 12.8. The Morgan fingerprint density at radius 2 is 1.74 bits per heavy atom. The van der Waals surface area contributed by atoms with Crippen LogP contribution < -0.4 is 15.4 Å². The second-order valence-electron chi connectivity index (χ2n) is 6.18. The Morgan fingerprint density at radius 3 is 2.33 bits per heavy atom. The van der Waals surface area contributed by atoms with Crippen molar-refractivity contribution in [3.8, 4) is 5.75 Å². The third-order valence-corrected chi connectivity index (χ3v) is 4.36. The summed E-state index contributed by atoms with van der Waals surface area (Å²) in [6, 6.07) is 13.9. The van der Waals surface area contributed by atoms with Crippen LogP contribution >= 0.6 is 0 Å². The van der Waals surface area contributed by atoms with Gasteiger partial charge in [0.05, 0.1) is 31.0 Å². The number of methoxy groups -OCH3 is 1. The minimum absolute atomic E-state index is 0.243. The number of esters is 1. The zero-order valence-electron chi connectivity index (χ0n) is 15.5. The number of hydrogen-bond donors (Lipinski definition) is 2. The van der Waals surface area contributed by atoms with Crippen molar-refractivity contribution >= 4 is 17.7 Å². The van der Waals surface area contributed by atoms with Gasteiger partial charge in [0.1, 0.15) is 5.75 Å². The molecule has 6 heteroatoms. The average Bonchev–Trinajstić information content (AvgIpc) is 2.68. The monoisotopic (exact) mass is 366 g/mol. The Bertz CT molecular complexity index is 870. The lowest BCUT2D eigenvalue weighted by Gasteiger charge is -2.29. The first kappa shape index (κ1) is 18.5. The Labute approximate surface area is 158 Å². The molecule has 1 heterocycles. The van der Waals surface area contributed by atoms with Crippen LogP contribution in [-0.2, 0) is 9.53 Å². The number of aryl methyl sites for hydroxylation is 1. The molecule has 140 valence electrons. The van der Waals surface area contributed by atoms with Crippen LogP contribution in [0.25, 0.3) is 5.70 Å². The summed E-state index contributed by atoms with van der Waals surface area (Å²) in [6.45, 7) is 3.98. The van der Waals surface area contributed by atoms with Crippen LogP contribution in [0, 0.1) is 6.92 Å². The summed E-state index contributed by atoms with van der Waals surface area (Å²) < 4.78 is 10.5. The summed E-state index contributed by atoms with van der Waals surface area (Å²) in [5, 5.41) is 5.59. The van der Waals surface area contributed by atoms with Crippen molar-refractivity contribution in [2.75, 3.05) is 13.7 Å². The van der Waals surface area contributed by atoms with Gasteiger partial charge in [0.25, 0.3) is 0 Å². The standard InChI is InChI=1S/C21H22N2O4/c1-4-27-20(24)17-18(14-7-5-13(2)6-8-14)22-21(25)23-19(17)15-9-11-16(26-3)12-10-15/h5-12,18H,4H2,1-3H3,(H2,22,23,25). The van der Waals surface area contributed by atoms with Crippen LogP contribution in [0.4, 0.5) is 4.79 Å². The van der Waals surface area contributed by atoms with Crippen LogP contribution in [-0.4, -0.2) is 25.7 Å². The van der Waals surface area contributed by atoms with Crippen LogP contribution in [0.5, 0.6) is 5.75 Å². The highest BCUT2D eigenvalue weighted by Gasteiger charge is 2.34. The van der Waals surface area contributed by atoms with Crippen molar-refractivity contribution in [2.45, 2.75) is 19.9 Å². The SMILES string of the molecule is CCOC(=O)C1=C(c2ccc(OC)cc2)NC(=O)NC1c1ccc(C)cc1. The van der Waals surface area contributed by atoms with E-state index >= 15 is 0 Å². The third-order valence-electron chi connectivity index (χ3n) is 4.36. The Kier molecular flexibility index (Phi) is 5.45. The largest absolute Gasteiger partial charge is 0.497 e. The fourth-order valence-electron chi connectivity index (χ4n) is 2.99. The van der Waals surface area contributed by atoms with Gasteiger partial charge < -0.3 is 20.1 Å². The highest BCUT2D eigenvalue weighted by atomic mass is 16.5. The molecule has 0 bridgehead atoms. The molecule has 6 nitrogen and oxygen atoms in total. The molecule has 0 aromatic heterocycles. The fraction of sp³-hybridized carbons (Fsp3) is 0.238. The predicted molar refractivity (Wildman–Crippen MR) is 102 cm³/mol. The summed E-state index contributed by atoms with van der Waals surface area (Å²) >= 11 is 0. The lowest BCUT2D eigenvalue weighted by atomic mass is 9.92. The predicted octanol–water partition coefficient (Wildman–Crippen LogP) is 3.33. The highest BCUT2D eigenvalue weighted by Crippen LogP contribution is 2.32. The molecule has 27 heavy (non-hydrogen) atoms. The molecule has 2 amide bonds. The number of ether oxygens (including phenoxy) is 2. The number of carbonyl (C=O) groups is 2. The summed E-state index contributed by atoms with van der Waals surface area (Å²) in [4.78, 5) is 25.1. The van der Waals surface area contributed by atoms with E-state index in [0.29, 0.717) is 22.6 Å². The van der Waals surface area contributed by atoms with Crippen molar-refractivity contribution in [1.82, 2.24) is 10.6 Å². The van der Waals surface area contributed by atoms with Crippen molar-refractivity contribution in [1.29, 1.82) is 0 Å². The van der Waals surface area contributed by atoms with Gasteiger partial charge in [-0.05, 0) is 49.2 Å². The van der Waals surface area contributed by atoms with Gasteiger partial charge in [-0.25, -0.2) is 9.59 Å². The molecule has 1 aliphatic rings. The van der Waals surface area contributed by atoms with Gasteiger partial charge in [-0.2, -0.15) is 0 Å². The number of amides is 2. The van der Waals surface area contributed by atoms with Crippen molar-refractivity contribution in [2.24, 2.45) is 0 Å². The summed E-state index contributed by atoms with van der Waals surface area (Å²) in [5.74, 6) is 0.216. The average molecular weight is 366 g/mol. The maximum Gasteiger partial charge on any atom is 0.338 e. The van der Waals surface area contributed by atoms with Crippen LogP contribution in [0.2, 0.25) is 0 Å². The van der Waals surface area contributed by atoms with Crippen LogP contribution in [0.15, 0.2) is 54.1 Å². The quantitative estimate of drug-likeness (QED) is 0.796. The summed E-state index contributed by atoms with van der Waals surface area (Å²) in [7, 11) is 1.58. The van der Waals surface area contributed by atoms with Crippen molar-refractivity contribution in [3.63, 3.8) is 0 Å². The smallest absolute Gasteiger partial charge is 0.338 e. The van der Waals surface area contributed by atoms with Gasteiger partial charge in [0.2, 0.25) is 0 Å². The molecule has 0 saturated carbocycles. The molecule has 1 aliphatic heterocycles. The lowest BCUT2D eigenvalue weighted by Crippen LogP contribution is -2.45. The Balaban J connectivity index is 2.14. The number of benzene rings is 2. The van der Waals surface area contributed by atoms with Gasteiger partial charge in [0.15, 0.2) is 0 Å². The highest BCUT2D eigenvalue weighted by molar-refractivity contribution is 6.04. The van der Waals surface area contributed by atoms with Crippen molar-refractivity contribution < 1.29 is 19.1 Å². The first-order chi connectivity index (χ1) is 13.0. The molecule has 2 aromatic rings. The number of hydrogen-bond acceptors (Lipinski definition) is 4. The molecule has 0 saturated heterocycles. The van der Waals surface area contributed by atoms with Gasteiger partial charge in [-0.3, -0.25) is 0 Å². The maximum atomic E-state index is 12.8. The minimum Gasteiger partial charge on any atom is -0.497 e. The van der Waals surface area contributed by atoms with E-state index in [4.69, 9.17) is 9.47 Å².